The van der Waals surface area contributed by atoms with Crippen molar-refractivity contribution in [3.8, 4) is 0 Å². The number of piperidine rings is 1. The van der Waals surface area contributed by atoms with E-state index in [0.29, 0.717) is 0 Å². The summed E-state index contributed by atoms with van der Waals surface area (Å²) in [5.74, 6) is 0. The Hall–Kier alpha value is -0.810. The predicted molar refractivity (Wildman–Crippen MR) is 79.7 cm³/mol. The van der Waals surface area contributed by atoms with Gasteiger partial charge in [0.05, 0.1) is 6.61 Å². The highest BCUT2D eigenvalue weighted by atomic mass is 16.6. The lowest BCUT2D eigenvalue weighted by molar-refractivity contribution is 0.00945. The molecule has 2 N–H and O–H groups in total. The van der Waals surface area contributed by atoms with E-state index in [1.165, 1.54) is 0 Å². The van der Waals surface area contributed by atoms with Crippen molar-refractivity contribution < 1.29 is 14.6 Å². The molecule has 118 valence electrons. The predicted octanol–water partition coefficient (Wildman–Crippen LogP) is 2.14. The zero-order valence-corrected chi connectivity index (χ0v) is 13.3. The Kier molecular flexibility index (Phi) is 6.76. The number of ether oxygens (including phenoxy) is 1. The second kappa shape index (κ2) is 7.84. The summed E-state index contributed by atoms with van der Waals surface area (Å²) in [5, 5.41) is 12.6. The molecule has 2 atom stereocenters. The molecule has 1 amide bonds. The maximum atomic E-state index is 12.2. The van der Waals surface area contributed by atoms with Crippen LogP contribution in [0.5, 0.6) is 0 Å². The second-order valence-corrected chi connectivity index (χ2v) is 6.52. The van der Waals surface area contributed by atoms with E-state index in [-0.39, 0.29) is 24.8 Å². The van der Waals surface area contributed by atoms with Gasteiger partial charge in [0, 0.05) is 25.2 Å². The van der Waals surface area contributed by atoms with Gasteiger partial charge in [-0.05, 0) is 46.5 Å². The normalized spacial score (nSPS) is 21.6. The summed E-state index contributed by atoms with van der Waals surface area (Å²) in [6.07, 6.45) is 3.83. The van der Waals surface area contributed by atoms with Crippen LogP contribution in [0.2, 0.25) is 0 Å². The largest absolute Gasteiger partial charge is 0.444 e. The summed E-state index contributed by atoms with van der Waals surface area (Å²) >= 11 is 0. The Morgan fingerprint density at radius 1 is 1.45 bits per heavy atom. The fourth-order valence-electron chi connectivity index (χ4n) is 2.41. The Morgan fingerprint density at radius 2 is 2.15 bits per heavy atom. The molecule has 0 saturated carbocycles. The van der Waals surface area contributed by atoms with Gasteiger partial charge in [0.1, 0.15) is 5.60 Å². The van der Waals surface area contributed by atoms with Crippen molar-refractivity contribution >= 4 is 6.09 Å². The van der Waals surface area contributed by atoms with E-state index in [2.05, 4.69) is 5.32 Å². The van der Waals surface area contributed by atoms with Crippen LogP contribution in [0.25, 0.3) is 0 Å². The molecule has 5 nitrogen and oxygen atoms in total. The van der Waals surface area contributed by atoms with Crippen molar-refractivity contribution in [3.63, 3.8) is 0 Å². The van der Waals surface area contributed by atoms with Gasteiger partial charge in [0.15, 0.2) is 0 Å². The number of aliphatic hydroxyl groups is 1. The quantitative estimate of drug-likeness (QED) is 0.813. The van der Waals surface area contributed by atoms with Crippen LogP contribution in [0, 0.1) is 0 Å². The lowest BCUT2D eigenvalue weighted by Crippen LogP contribution is -2.51. The van der Waals surface area contributed by atoms with Crippen molar-refractivity contribution in [2.24, 2.45) is 0 Å². The summed E-state index contributed by atoms with van der Waals surface area (Å²) in [5.41, 5.74) is -0.455. The van der Waals surface area contributed by atoms with Crippen LogP contribution in [-0.2, 0) is 4.74 Å². The highest BCUT2D eigenvalue weighted by Crippen LogP contribution is 2.20. The lowest BCUT2D eigenvalue weighted by Gasteiger charge is -2.37. The van der Waals surface area contributed by atoms with E-state index >= 15 is 0 Å². The molecule has 0 aliphatic carbocycles. The molecule has 0 aromatic heterocycles. The molecule has 2 unspecified atom stereocenters. The van der Waals surface area contributed by atoms with Crippen LogP contribution < -0.4 is 5.32 Å². The molecule has 0 radical (unpaired) electrons. The monoisotopic (exact) mass is 286 g/mol. The van der Waals surface area contributed by atoms with E-state index in [1.807, 2.05) is 32.6 Å². The average Bonchev–Trinajstić information content (AvgIpc) is 2.38. The molecular weight excluding hydrogens is 256 g/mol. The third kappa shape index (κ3) is 5.67. The number of likely N-dealkylation sites (tertiary alicyclic amines) is 1. The molecule has 1 fully saturated rings. The number of carbonyl (C=O) groups is 1. The number of hydrogen-bond donors (Lipinski definition) is 2. The SMILES string of the molecule is CCC(CO)NCC1CCCCN1C(=O)OC(C)(C)C. The van der Waals surface area contributed by atoms with Crippen LogP contribution in [0.15, 0.2) is 0 Å². The number of carbonyl (C=O) groups excluding carboxylic acids is 1. The molecule has 1 aliphatic heterocycles. The van der Waals surface area contributed by atoms with E-state index < -0.39 is 5.60 Å². The molecule has 1 heterocycles. The summed E-state index contributed by atoms with van der Waals surface area (Å²) in [6.45, 7) is 9.33. The van der Waals surface area contributed by atoms with Gasteiger partial charge in [-0.2, -0.15) is 0 Å². The maximum Gasteiger partial charge on any atom is 0.410 e. The molecule has 1 rings (SSSR count). The molecule has 1 saturated heterocycles. The minimum Gasteiger partial charge on any atom is -0.444 e. The fraction of sp³-hybridized carbons (Fsp3) is 0.933. The van der Waals surface area contributed by atoms with Gasteiger partial charge in [-0.15, -0.1) is 0 Å². The average molecular weight is 286 g/mol. The zero-order chi connectivity index (χ0) is 15.2. The van der Waals surface area contributed by atoms with Gasteiger partial charge < -0.3 is 20.1 Å². The first-order chi connectivity index (χ1) is 9.37. The number of nitrogens with one attached hydrogen (secondary N) is 1. The summed E-state index contributed by atoms with van der Waals surface area (Å²) in [7, 11) is 0. The Bertz CT molecular complexity index is 298. The number of nitrogens with zero attached hydrogens (tertiary/aromatic N) is 1. The number of hydrogen-bond acceptors (Lipinski definition) is 4. The first kappa shape index (κ1) is 17.2. The van der Waals surface area contributed by atoms with Crippen molar-refractivity contribution in [3.05, 3.63) is 0 Å². The van der Waals surface area contributed by atoms with Crippen LogP contribution in [-0.4, -0.2) is 53.5 Å². The summed E-state index contributed by atoms with van der Waals surface area (Å²) in [4.78, 5) is 14.1. The molecule has 20 heavy (non-hydrogen) atoms. The third-order valence-electron chi connectivity index (χ3n) is 3.61. The lowest BCUT2D eigenvalue weighted by atomic mass is 10.0. The van der Waals surface area contributed by atoms with Crippen LogP contribution >= 0.6 is 0 Å². The van der Waals surface area contributed by atoms with E-state index in [1.54, 1.807) is 0 Å². The number of amides is 1. The minimum atomic E-state index is -0.455. The molecule has 5 heteroatoms. The van der Waals surface area contributed by atoms with E-state index in [4.69, 9.17) is 4.74 Å². The topological polar surface area (TPSA) is 61.8 Å². The molecular formula is C15H30N2O3. The van der Waals surface area contributed by atoms with Gasteiger partial charge in [-0.3, -0.25) is 0 Å². The Balaban J connectivity index is 2.55. The summed E-state index contributed by atoms with van der Waals surface area (Å²) in [6, 6.07) is 0.275. The zero-order valence-electron chi connectivity index (χ0n) is 13.3. The molecule has 1 aliphatic rings. The van der Waals surface area contributed by atoms with Crippen molar-refractivity contribution in [1.29, 1.82) is 0 Å². The standard InChI is InChI=1S/C15H30N2O3/c1-5-12(11-18)16-10-13-8-6-7-9-17(13)14(19)20-15(2,3)4/h12-13,16,18H,5-11H2,1-4H3. The van der Waals surface area contributed by atoms with E-state index in [0.717, 1.165) is 38.8 Å². The van der Waals surface area contributed by atoms with Crippen LogP contribution in [0.3, 0.4) is 0 Å². The molecule has 0 bridgehead atoms. The second-order valence-electron chi connectivity index (χ2n) is 6.52. The number of aliphatic hydroxyl groups excluding tert-OH is 1. The molecule has 0 spiro atoms. The first-order valence-electron chi connectivity index (χ1n) is 7.71. The van der Waals surface area contributed by atoms with E-state index in [9.17, 15) is 9.90 Å². The highest BCUT2D eigenvalue weighted by Gasteiger charge is 2.30. The molecule has 0 aromatic rings. The van der Waals surface area contributed by atoms with Crippen LogP contribution in [0.1, 0.15) is 53.4 Å². The van der Waals surface area contributed by atoms with Gasteiger partial charge in [-0.25, -0.2) is 4.79 Å². The van der Waals surface area contributed by atoms with Gasteiger partial charge >= 0.3 is 6.09 Å². The van der Waals surface area contributed by atoms with Crippen molar-refractivity contribution in [2.45, 2.75) is 71.1 Å². The van der Waals surface area contributed by atoms with Gasteiger partial charge in [0.2, 0.25) is 0 Å². The maximum absolute atomic E-state index is 12.2. The number of rotatable bonds is 5. The van der Waals surface area contributed by atoms with Crippen molar-refractivity contribution in [2.75, 3.05) is 19.7 Å². The Morgan fingerprint density at radius 3 is 2.70 bits per heavy atom. The minimum absolute atomic E-state index is 0.109. The van der Waals surface area contributed by atoms with Gasteiger partial charge in [0.25, 0.3) is 0 Å². The summed E-state index contributed by atoms with van der Waals surface area (Å²) < 4.78 is 5.48. The molecule has 0 aromatic carbocycles. The fourth-order valence-corrected chi connectivity index (χ4v) is 2.41. The highest BCUT2D eigenvalue weighted by molar-refractivity contribution is 5.68. The third-order valence-corrected chi connectivity index (χ3v) is 3.61. The Labute approximate surface area is 122 Å². The van der Waals surface area contributed by atoms with Gasteiger partial charge in [-0.1, -0.05) is 6.92 Å². The van der Waals surface area contributed by atoms with Crippen molar-refractivity contribution in [1.82, 2.24) is 10.2 Å². The first-order valence-corrected chi connectivity index (χ1v) is 7.71. The smallest absolute Gasteiger partial charge is 0.410 e. The van der Waals surface area contributed by atoms with Crippen LogP contribution in [0.4, 0.5) is 4.79 Å².